The van der Waals surface area contributed by atoms with Crippen LogP contribution >= 0.6 is 0 Å². The van der Waals surface area contributed by atoms with Gasteiger partial charge in [0.25, 0.3) is 5.91 Å². The molecule has 3 rings (SSSR count). The third-order valence-corrected chi connectivity index (χ3v) is 4.52. The minimum atomic E-state index is -1.88. The molecule has 1 heterocycles. The van der Waals surface area contributed by atoms with Crippen molar-refractivity contribution in [2.45, 2.75) is 12.5 Å². The fraction of sp³-hybridized carbons (Fsp3) is 0.211. The summed E-state index contributed by atoms with van der Waals surface area (Å²) in [5.41, 5.74) is -2.32. The molecule has 0 bridgehead atoms. The number of imide groups is 1. The standard InChI is InChI=1S/C19H15F3N2O4/c1-19(12-8-11(20)4-5-13(12)21)17(26)24(18(27)23-19)9-15(25)10-3-6-16(28-2)14(22)7-10/h3-8H,9H2,1-2H3,(H,23,27). The van der Waals surface area contributed by atoms with Crippen LogP contribution in [0.3, 0.4) is 0 Å². The van der Waals surface area contributed by atoms with Crippen LogP contribution in [0.2, 0.25) is 0 Å². The number of methoxy groups -OCH3 is 1. The fourth-order valence-corrected chi connectivity index (χ4v) is 2.98. The van der Waals surface area contributed by atoms with Gasteiger partial charge in [-0.3, -0.25) is 14.5 Å². The minimum Gasteiger partial charge on any atom is -0.494 e. The highest BCUT2D eigenvalue weighted by atomic mass is 19.1. The molecule has 0 aliphatic carbocycles. The number of halogens is 3. The number of carbonyl (C=O) groups is 3. The zero-order valence-electron chi connectivity index (χ0n) is 14.9. The average Bonchev–Trinajstić information content (AvgIpc) is 2.87. The molecule has 146 valence electrons. The van der Waals surface area contributed by atoms with E-state index in [0.717, 1.165) is 24.3 Å². The molecule has 9 heteroatoms. The Morgan fingerprint density at radius 3 is 2.46 bits per heavy atom. The minimum absolute atomic E-state index is 0.0688. The van der Waals surface area contributed by atoms with Crippen LogP contribution in [0.5, 0.6) is 5.75 Å². The van der Waals surface area contributed by atoms with Gasteiger partial charge in [0.1, 0.15) is 17.2 Å². The van der Waals surface area contributed by atoms with Crippen LogP contribution in [0.15, 0.2) is 36.4 Å². The topological polar surface area (TPSA) is 75.7 Å². The first-order valence-electron chi connectivity index (χ1n) is 8.13. The molecule has 2 aromatic rings. The first-order chi connectivity index (χ1) is 13.2. The number of ether oxygens (including phenoxy) is 1. The first kappa shape index (κ1) is 19.4. The molecule has 3 amide bonds. The van der Waals surface area contributed by atoms with E-state index in [4.69, 9.17) is 4.74 Å². The Labute approximate surface area is 157 Å². The number of benzene rings is 2. The Hall–Kier alpha value is -3.36. The summed E-state index contributed by atoms with van der Waals surface area (Å²) in [5.74, 6) is -4.16. The Kier molecular flexibility index (Phi) is 4.84. The van der Waals surface area contributed by atoms with E-state index in [9.17, 15) is 27.6 Å². The van der Waals surface area contributed by atoms with E-state index >= 15 is 0 Å². The summed E-state index contributed by atoms with van der Waals surface area (Å²) in [6.07, 6.45) is 0. The van der Waals surface area contributed by atoms with Crippen LogP contribution in [0.25, 0.3) is 0 Å². The lowest BCUT2D eigenvalue weighted by molar-refractivity contribution is -0.130. The molecule has 1 fully saturated rings. The molecule has 1 saturated heterocycles. The maximum absolute atomic E-state index is 14.1. The molecular weight excluding hydrogens is 377 g/mol. The van der Waals surface area contributed by atoms with Crippen LogP contribution in [0, 0.1) is 17.5 Å². The smallest absolute Gasteiger partial charge is 0.325 e. The van der Waals surface area contributed by atoms with Crippen LogP contribution < -0.4 is 10.1 Å². The van der Waals surface area contributed by atoms with Gasteiger partial charge in [0.2, 0.25) is 0 Å². The van der Waals surface area contributed by atoms with Gasteiger partial charge >= 0.3 is 6.03 Å². The van der Waals surface area contributed by atoms with Crippen molar-refractivity contribution < 1.29 is 32.3 Å². The second-order valence-electron chi connectivity index (χ2n) is 6.34. The summed E-state index contributed by atoms with van der Waals surface area (Å²) in [7, 11) is 1.26. The van der Waals surface area contributed by atoms with Crippen LogP contribution in [0.4, 0.5) is 18.0 Å². The summed E-state index contributed by atoms with van der Waals surface area (Å²) >= 11 is 0. The highest BCUT2D eigenvalue weighted by Gasteiger charge is 2.50. The van der Waals surface area contributed by atoms with E-state index in [-0.39, 0.29) is 16.9 Å². The maximum Gasteiger partial charge on any atom is 0.325 e. The number of nitrogens with zero attached hydrogens (tertiary/aromatic N) is 1. The molecule has 6 nitrogen and oxygen atoms in total. The van der Waals surface area contributed by atoms with Gasteiger partial charge in [-0.25, -0.2) is 18.0 Å². The van der Waals surface area contributed by atoms with Gasteiger partial charge in [-0.2, -0.15) is 0 Å². The Morgan fingerprint density at radius 2 is 1.82 bits per heavy atom. The lowest BCUT2D eigenvalue weighted by atomic mass is 9.91. The van der Waals surface area contributed by atoms with E-state index in [2.05, 4.69) is 5.32 Å². The Bertz CT molecular complexity index is 995. The van der Waals surface area contributed by atoms with E-state index in [1.54, 1.807) is 0 Å². The summed E-state index contributed by atoms with van der Waals surface area (Å²) in [6, 6.07) is 5.02. The first-order valence-corrected chi connectivity index (χ1v) is 8.13. The van der Waals surface area contributed by atoms with Crippen molar-refractivity contribution in [1.29, 1.82) is 0 Å². The molecule has 0 saturated carbocycles. The molecule has 28 heavy (non-hydrogen) atoms. The second kappa shape index (κ2) is 6.99. The zero-order valence-corrected chi connectivity index (χ0v) is 14.9. The van der Waals surface area contributed by atoms with Crippen LogP contribution in [-0.4, -0.2) is 36.3 Å². The third kappa shape index (κ3) is 3.19. The molecule has 1 unspecified atom stereocenters. The van der Waals surface area contributed by atoms with Gasteiger partial charge in [0, 0.05) is 11.1 Å². The van der Waals surface area contributed by atoms with Gasteiger partial charge < -0.3 is 10.1 Å². The van der Waals surface area contributed by atoms with E-state index in [1.165, 1.54) is 26.2 Å². The number of nitrogens with one attached hydrogen (secondary N) is 1. The molecule has 1 aliphatic heterocycles. The van der Waals surface area contributed by atoms with Crippen LogP contribution in [0.1, 0.15) is 22.8 Å². The molecule has 0 spiro atoms. The lowest BCUT2D eigenvalue weighted by Gasteiger charge is -2.22. The van der Waals surface area contributed by atoms with Crippen molar-refractivity contribution in [2.24, 2.45) is 0 Å². The number of ketones is 1. The molecule has 1 atom stereocenters. The number of Topliss-reactive ketones (excluding diaryl/α,β-unsaturated/α-hetero) is 1. The van der Waals surface area contributed by atoms with Gasteiger partial charge in [0.15, 0.2) is 17.3 Å². The predicted molar refractivity (Wildman–Crippen MR) is 91.2 cm³/mol. The van der Waals surface area contributed by atoms with Crippen LogP contribution in [-0.2, 0) is 10.3 Å². The number of amides is 3. The van der Waals surface area contributed by atoms with E-state index in [0.29, 0.717) is 4.90 Å². The average molecular weight is 392 g/mol. The summed E-state index contributed by atoms with van der Waals surface area (Å²) < 4.78 is 46.2. The molecule has 2 aromatic carbocycles. The monoisotopic (exact) mass is 392 g/mol. The quantitative estimate of drug-likeness (QED) is 0.627. The SMILES string of the molecule is COc1ccc(C(=O)CN2C(=O)NC(C)(c3cc(F)ccc3F)C2=O)cc1F. The van der Waals surface area contributed by atoms with Crippen molar-refractivity contribution in [3.05, 3.63) is 65.0 Å². The highest BCUT2D eigenvalue weighted by Crippen LogP contribution is 2.31. The van der Waals surface area contributed by atoms with E-state index < -0.39 is 47.3 Å². The molecule has 0 aromatic heterocycles. The normalized spacial score (nSPS) is 19.0. The van der Waals surface area contributed by atoms with Gasteiger partial charge in [-0.1, -0.05) is 0 Å². The lowest BCUT2D eigenvalue weighted by Crippen LogP contribution is -2.42. The molecular formula is C19H15F3N2O4. The van der Waals surface area contributed by atoms with Gasteiger partial charge in [-0.15, -0.1) is 0 Å². The van der Waals surface area contributed by atoms with E-state index in [1.807, 2.05) is 0 Å². The van der Waals surface area contributed by atoms with Gasteiger partial charge in [-0.05, 0) is 43.3 Å². The molecule has 1 aliphatic rings. The Balaban J connectivity index is 1.87. The number of hydrogen-bond acceptors (Lipinski definition) is 4. The number of rotatable bonds is 5. The Morgan fingerprint density at radius 1 is 1.11 bits per heavy atom. The maximum atomic E-state index is 14.1. The molecule has 1 N–H and O–H groups in total. The highest BCUT2D eigenvalue weighted by molar-refractivity contribution is 6.11. The molecule has 0 radical (unpaired) electrons. The summed E-state index contributed by atoms with van der Waals surface area (Å²) in [4.78, 5) is 38.0. The number of carbonyl (C=O) groups excluding carboxylic acids is 3. The zero-order chi connectivity index (χ0) is 20.6. The number of urea groups is 1. The second-order valence-corrected chi connectivity index (χ2v) is 6.34. The fourth-order valence-electron chi connectivity index (χ4n) is 2.98. The third-order valence-electron chi connectivity index (χ3n) is 4.52. The number of hydrogen-bond donors (Lipinski definition) is 1. The summed E-state index contributed by atoms with van der Waals surface area (Å²) in [6.45, 7) is 0.519. The van der Waals surface area contributed by atoms with Crippen molar-refractivity contribution in [3.63, 3.8) is 0 Å². The van der Waals surface area contributed by atoms with Crippen molar-refractivity contribution in [1.82, 2.24) is 10.2 Å². The van der Waals surface area contributed by atoms with Crippen molar-refractivity contribution in [3.8, 4) is 5.75 Å². The largest absolute Gasteiger partial charge is 0.494 e. The van der Waals surface area contributed by atoms with Gasteiger partial charge in [0.05, 0.1) is 13.7 Å². The van der Waals surface area contributed by atoms with Crippen molar-refractivity contribution in [2.75, 3.05) is 13.7 Å². The predicted octanol–water partition coefficient (Wildman–Crippen LogP) is 2.76. The summed E-state index contributed by atoms with van der Waals surface area (Å²) in [5, 5.41) is 2.29. The van der Waals surface area contributed by atoms with Crippen molar-refractivity contribution >= 4 is 17.7 Å².